The maximum absolute atomic E-state index is 13.0. The lowest BCUT2D eigenvalue weighted by atomic mass is 9.99. The first-order valence-electron chi connectivity index (χ1n) is 7.74. The van der Waals surface area contributed by atoms with E-state index in [1.165, 1.54) is 0 Å². The van der Waals surface area contributed by atoms with Gasteiger partial charge < -0.3 is 34.3 Å². The number of fused-ring (bicyclic) bond motifs is 1. The Hall–Kier alpha value is -2.18. The third kappa shape index (κ3) is 3.77. The van der Waals surface area contributed by atoms with E-state index in [4.69, 9.17) is 19.0 Å². The van der Waals surface area contributed by atoms with Gasteiger partial charge in [-0.2, -0.15) is 13.2 Å². The van der Waals surface area contributed by atoms with Crippen molar-refractivity contribution in [1.29, 1.82) is 0 Å². The number of aliphatic hydroxyl groups excluding tert-OH is 4. The highest BCUT2D eigenvalue weighted by atomic mass is 19.4. The monoisotopic (exact) mass is 392 g/mol. The highest BCUT2D eigenvalue weighted by Gasteiger charge is 2.44. The highest BCUT2D eigenvalue weighted by molar-refractivity contribution is 5.82. The van der Waals surface area contributed by atoms with Crippen LogP contribution in [0.3, 0.4) is 0 Å². The standard InChI is InChI=1S/C16H15F3O8/c17-16(18,19)8-4-11(21)26-9-3-6(1-2-7(8)9)25-15-14(24)13(23)12(22)10(5-20)27-15/h1-4,10,12-15,20,22-24H,5H2/t10-,12-,13+,14-,15+/m1/s1. The summed E-state index contributed by atoms with van der Waals surface area (Å²) in [6.45, 7) is -0.674. The van der Waals surface area contributed by atoms with Crippen LogP contribution >= 0.6 is 0 Å². The summed E-state index contributed by atoms with van der Waals surface area (Å²) in [5.74, 6) is -0.130. The molecule has 148 valence electrons. The molecule has 0 spiro atoms. The Labute approximate surface area is 149 Å². The van der Waals surface area contributed by atoms with Crippen LogP contribution in [0.15, 0.2) is 33.5 Å². The molecule has 3 rings (SSSR count). The third-order valence-corrected chi connectivity index (χ3v) is 4.12. The molecule has 0 amide bonds. The Morgan fingerprint density at radius 1 is 1.07 bits per heavy atom. The Bertz CT molecular complexity index is 878. The lowest BCUT2D eigenvalue weighted by Gasteiger charge is -2.39. The molecule has 8 nitrogen and oxygen atoms in total. The van der Waals surface area contributed by atoms with Gasteiger partial charge in [0.05, 0.1) is 12.2 Å². The van der Waals surface area contributed by atoms with Gasteiger partial charge in [-0.1, -0.05) is 0 Å². The first-order chi connectivity index (χ1) is 12.6. The van der Waals surface area contributed by atoms with Crippen LogP contribution in [-0.2, 0) is 10.9 Å². The predicted octanol–water partition coefficient (Wildman–Crippen LogP) is -0.00950. The number of hydrogen-bond donors (Lipinski definition) is 4. The zero-order valence-electron chi connectivity index (χ0n) is 13.5. The van der Waals surface area contributed by atoms with E-state index in [1.807, 2.05) is 0 Å². The Kier molecular flexibility index (Phi) is 5.14. The predicted molar refractivity (Wildman–Crippen MR) is 81.9 cm³/mol. The summed E-state index contributed by atoms with van der Waals surface area (Å²) in [5.41, 5.74) is -2.79. The second-order valence-corrected chi connectivity index (χ2v) is 5.95. The largest absolute Gasteiger partial charge is 0.462 e. The van der Waals surface area contributed by atoms with Crippen molar-refractivity contribution in [3.8, 4) is 5.75 Å². The van der Waals surface area contributed by atoms with Crippen molar-refractivity contribution in [3.05, 3.63) is 40.2 Å². The number of halogens is 3. The molecule has 1 aliphatic heterocycles. The van der Waals surface area contributed by atoms with Crippen molar-refractivity contribution in [2.75, 3.05) is 6.61 Å². The average Bonchev–Trinajstić information content (AvgIpc) is 2.60. The Balaban J connectivity index is 1.93. The summed E-state index contributed by atoms with van der Waals surface area (Å²) >= 11 is 0. The maximum Gasteiger partial charge on any atom is 0.417 e. The molecule has 0 radical (unpaired) electrons. The summed E-state index contributed by atoms with van der Waals surface area (Å²) in [6.07, 6.45) is -12.5. The first kappa shape index (κ1) is 19.6. The average molecular weight is 392 g/mol. The van der Waals surface area contributed by atoms with E-state index in [-0.39, 0.29) is 11.1 Å². The van der Waals surface area contributed by atoms with Gasteiger partial charge in [-0.25, -0.2) is 4.79 Å². The summed E-state index contributed by atoms with van der Waals surface area (Å²) in [6, 6.07) is 3.47. The summed E-state index contributed by atoms with van der Waals surface area (Å²) in [7, 11) is 0. The number of rotatable bonds is 3. The van der Waals surface area contributed by atoms with Crippen molar-refractivity contribution in [1.82, 2.24) is 0 Å². The minimum Gasteiger partial charge on any atom is -0.462 e. The van der Waals surface area contributed by atoms with Gasteiger partial charge in [-0.05, 0) is 12.1 Å². The molecule has 2 heterocycles. The third-order valence-electron chi connectivity index (χ3n) is 4.12. The van der Waals surface area contributed by atoms with Crippen LogP contribution in [0.1, 0.15) is 5.56 Å². The molecule has 1 aromatic carbocycles. The Morgan fingerprint density at radius 3 is 2.41 bits per heavy atom. The minimum atomic E-state index is -4.77. The van der Waals surface area contributed by atoms with Crippen molar-refractivity contribution < 1.29 is 47.5 Å². The van der Waals surface area contributed by atoms with E-state index in [1.54, 1.807) is 0 Å². The molecule has 1 aromatic heterocycles. The van der Waals surface area contributed by atoms with Gasteiger partial charge in [0.15, 0.2) is 0 Å². The zero-order valence-corrected chi connectivity index (χ0v) is 13.5. The van der Waals surface area contributed by atoms with E-state index < -0.39 is 60.3 Å². The molecule has 0 unspecified atom stereocenters. The first-order valence-corrected chi connectivity index (χ1v) is 7.74. The van der Waals surface area contributed by atoms with Crippen LogP contribution in [0.2, 0.25) is 0 Å². The number of benzene rings is 1. The topological polar surface area (TPSA) is 130 Å². The molecule has 11 heteroatoms. The number of hydrogen-bond acceptors (Lipinski definition) is 8. The lowest BCUT2D eigenvalue weighted by molar-refractivity contribution is -0.277. The van der Waals surface area contributed by atoms with Gasteiger partial charge in [0, 0.05) is 17.5 Å². The number of aliphatic hydroxyl groups is 4. The van der Waals surface area contributed by atoms with Crippen LogP contribution in [0.4, 0.5) is 13.2 Å². The quantitative estimate of drug-likeness (QED) is 0.537. The second-order valence-electron chi connectivity index (χ2n) is 5.95. The zero-order chi connectivity index (χ0) is 19.9. The van der Waals surface area contributed by atoms with Gasteiger partial charge >= 0.3 is 11.8 Å². The molecular weight excluding hydrogens is 377 g/mol. The van der Waals surface area contributed by atoms with E-state index in [9.17, 15) is 33.3 Å². The van der Waals surface area contributed by atoms with Gasteiger partial charge in [0.1, 0.15) is 35.7 Å². The van der Waals surface area contributed by atoms with Gasteiger partial charge in [-0.15, -0.1) is 0 Å². The van der Waals surface area contributed by atoms with Crippen molar-refractivity contribution >= 4 is 11.0 Å². The number of ether oxygens (including phenoxy) is 2. The second kappa shape index (κ2) is 7.09. The van der Waals surface area contributed by atoms with Crippen molar-refractivity contribution in [2.45, 2.75) is 36.9 Å². The molecule has 1 aliphatic rings. The fourth-order valence-corrected chi connectivity index (χ4v) is 2.75. The van der Waals surface area contributed by atoms with Gasteiger partial charge in [0.2, 0.25) is 6.29 Å². The SMILES string of the molecule is O=c1cc(C(F)(F)F)c2ccc(O[C@H]3O[C@H](CO)[C@@H](O)[C@H](O)[C@H]3O)cc2o1. The fraction of sp³-hybridized carbons (Fsp3) is 0.438. The molecule has 0 bridgehead atoms. The van der Waals surface area contributed by atoms with Crippen molar-refractivity contribution in [3.63, 3.8) is 0 Å². The molecule has 1 saturated heterocycles. The molecule has 27 heavy (non-hydrogen) atoms. The van der Waals surface area contributed by atoms with Gasteiger partial charge in [-0.3, -0.25) is 0 Å². The molecule has 2 aromatic rings. The van der Waals surface area contributed by atoms with E-state index in [0.717, 1.165) is 18.2 Å². The minimum absolute atomic E-state index is 0.130. The van der Waals surface area contributed by atoms with E-state index >= 15 is 0 Å². The fourth-order valence-electron chi connectivity index (χ4n) is 2.75. The summed E-state index contributed by atoms with van der Waals surface area (Å²) < 4.78 is 54.3. The highest BCUT2D eigenvalue weighted by Crippen LogP contribution is 2.35. The summed E-state index contributed by atoms with van der Waals surface area (Å²) in [4.78, 5) is 11.4. The van der Waals surface area contributed by atoms with Crippen molar-refractivity contribution in [2.24, 2.45) is 0 Å². The van der Waals surface area contributed by atoms with Crippen LogP contribution < -0.4 is 10.4 Å². The van der Waals surface area contributed by atoms with Crippen LogP contribution in [0.5, 0.6) is 5.75 Å². The van der Waals surface area contributed by atoms with Crippen LogP contribution in [0.25, 0.3) is 11.0 Å². The molecule has 0 aliphatic carbocycles. The lowest BCUT2D eigenvalue weighted by Crippen LogP contribution is -2.60. The molecular formula is C16H15F3O8. The number of alkyl halides is 3. The maximum atomic E-state index is 13.0. The van der Waals surface area contributed by atoms with Gasteiger partial charge in [0.25, 0.3) is 0 Å². The smallest absolute Gasteiger partial charge is 0.417 e. The normalized spacial score (nSPS) is 29.1. The Morgan fingerprint density at radius 2 is 1.78 bits per heavy atom. The molecule has 4 N–H and O–H groups in total. The van der Waals surface area contributed by atoms with E-state index in [0.29, 0.717) is 6.07 Å². The van der Waals surface area contributed by atoms with E-state index in [2.05, 4.69) is 0 Å². The summed E-state index contributed by atoms with van der Waals surface area (Å²) in [5, 5.41) is 38.1. The van der Waals surface area contributed by atoms with Crippen LogP contribution in [-0.4, -0.2) is 57.7 Å². The molecule has 5 atom stereocenters. The molecule has 1 fully saturated rings. The molecule has 0 saturated carbocycles. The van der Waals surface area contributed by atoms with Crippen LogP contribution in [0, 0.1) is 0 Å².